The number of nitrogens with one attached hydrogen (secondary N) is 1. The second-order valence-electron chi connectivity index (χ2n) is 2.58. The molecular weight excluding hydrogens is 200 g/mol. The molecule has 2 amide bonds. The number of methoxy groups -OCH3 is 1. The van der Waals surface area contributed by atoms with E-state index in [0.717, 1.165) is 0 Å². The Balaban J connectivity index is 2.91. The quantitative estimate of drug-likeness (QED) is 0.741. The average molecular weight is 210 g/mol. The molecule has 1 N–H and O–H groups in total. The van der Waals surface area contributed by atoms with Crippen molar-refractivity contribution in [2.45, 2.75) is 6.92 Å². The van der Waals surface area contributed by atoms with Crippen LogP contribution in [0, 0.1) is 6.92 Å². The van der Waals surface area contributed by atoms with Gasteiger partial charge in [0, 0.05) is 12.3 Å². The van der Waals surface area contributed by atoms with E-state index in [2.05, 4.69) is 4.98 Å². The third kappa shape index (κ3) is 2.67. The first-order valence-electron chi connectivity index (χ1n) is 4.10. The Hall–Kier alpha value is -2.11. The molecule has 0 aliphatic heterocycles. The molecule has 15 heavy (non-hydrogen) atoms. The van der Waals surface area contributed by atoms with Gasteiger partial charge in [-0.05, 0) is 6.92 Å². The van der Waals surface area contributed by atoms with Crippen LogP contribution in [0.1, 0.15) is 5.69 Å². The predicted molar refractivity (Wildman–Crippen MR) is 50.7 cm³/mol. The number of imide groups is 1. The highest BCUT2D eigenvalue weighted by Crippen LogP contribution is 2.28. The molecule has 0 aliphatic carbocycles. The molecule has 0 bridgehead atoms. The zero-order valence-electron chi connectivity index (χ0n) is 8.31. The van der Waals surface area contributed by atoms with Gasteiger partial charge >= 0.3 is 6.09 Å². The molecule has 0 spiro atoms. The summed E-state index contributed by atoms with van der Waals surface area (Å²) in [6.45, 7) is 1.66. The molecule has 0 aliphatic rings. The lowest BCUT2D eigenvalue weighted by molar-refractivity contribution is -0.108. The Morgan fingerprint density at radius 2 is 2.33 bits per heavy atom. The van der Waals surface area contributed by atoms with E-state index >= 15 is 0 Å². The largest absolute Gasteiger partial charge is 0.493 e. The lowest BCUT2D eigenvalue weighted by atomic mass is 10.3. The molecule has 1 rings (SSSR count). The predicted octanol–water partition coefficient (Wildman–Crippen LogP) is 0.643. The number of pyridine rings is 1. The van der Waals surface area contributed by atoms with Gasteiger partial charge in [-0.3, -0.25) is 15.1 Å². The van der Waals surface area contributed by atoms with E-state index < -0.39 is 6.09 Å². The van der Waals surface area contributed by atoms with Crippen LogP contribution in [-0.4, -0.2) is 24.6 Å². The summed E-state index contributed by atoms with van der Waals surface area (Å²) in [6, 6.07) is 1.55. The minimum atomic E-state index is -0.876. The minimum Gasteiger partial charge on any atom is -0.493 e. The highest BCUT2D eigenvalue weighted by molar-refractivity contribution is 5.82. The maximum absolute atomic E-state index is 11.0. The SMILES string of the molecule is COc1ccnc(C)c1OC(=O)NC=O. The van der Waals surface area contributed by atoms with Crippen molar-refractivity contribution in [2.24, 2.45) is 0 Å². The highest BCUT2D eigenvalue weighted by atomic mass is 16.6. The number of nitrogens with zero attached hydrogens (tertiary/aromatic N) is 1. The summed E-state index contributed by atoms with van der Waals surface area (Å²) < 4.78 is 9.81. The second kappa shape index (κ2) is 4.94. The van der Waals surface area contributed by atoms with E-state index in [9.17, 15) is 9.59 Å². The molecule has 1 aromatic heterocycles. The Morgan fingerprint density at radius 1 is 1.60 bits per heavy atom. The molecule has 6 heteroatoms. The van der Waals surface area contributed by atoms with Crippen LogP contribution in [0.5, 0.6) is 11.5 Å². The molecule has 0 radical (unpaired) electrons. The van der Waals surface area contributed by atoms with Gasteiger partial charge in [0.1, 0.15) is 0 Å². The standard InChI is InChI=1S/C9H10N2O4/c1-6-8(15-9(13)11-5-12)7(14-2)3-4-10-6/h3-5H,1-2H3,(H,11,12,13). The van der Waals surface area contributed by atoms with Crippen molar-refractivity contribution >= 4 is 12.5 Å². The van der Waals surface area contributed by atoms with Crippen molar-refractivity contribution < 1.29 is 19.1 Å². The van der Waals surface area contributed by atoms with E-state index in [1.165, 1.54) is 13.3 Å². The monoisotopic (exact) mass is 210 g/mol. The number of rotatable bonds is 3. The van der Waals surface area contributed by atoms with Crippen LogP contribution in [-0.2, 0) is 4.79 Å². The van der Waals surface area contributed by atoms with Crippen molar-refractivity contribution in [3.8, 4) is 11.5 Å². The summed E-state index contributed by atoms with van der Waals surface area (Å²) in [5.74, 6) is 0.572. The van der Waals surface area contributed by atoms with Gasteiger partial charge < -0.3 is 9.47 Å². The maximum atomic E-state index is 11.0. The lowest BCUT2D eigenvalue weighted by Crippen LogP contribution is -2.25. The van der Waals surface area contributed by atoms with E-state index in [1.54, 1.807) is 13.0 Å². The number of aromatic nitrogens is 1. The first-order chi connectivity index (χ1) is 7.19. The zero-order valence-corrected chi connectivity index (χ0v) is 8.31. The molecule has 1 heterocycles. The molecular formula is C9H10N2O4. The highest BCUT2D eigenvalue weighted by Gasteiger charge is 2.12. The summed E-state index contributed by atoms with van der Waals surface area (Å²) in [5.41, 5.74) is 0.496. The molecule has 6 nitrogen and oxygen atoms in total. The van der Waals surface area contributed by atoms with Gasteiger partial charge in [-0.15, -0.1) is 0 Å². The van der Waals surface area contributed by atoms with Crippen molar-refractivity contribution in [1.82, 2.24) is 10.3 Å². The maximum Gasteiger partial charge on any atom is 0.419 e. The van der Waals surface area contributed by atoms with Gasteiger partial charge in [-0.2, -0.15) is 0 Å². The topological polar surface area (TPSA) is 77.5 Å². The number of hydrogen-bond donors (Lipinski definition) is 1. The van der Waals surface area contributed by atoms with E-state index in [0.29, 0.717) is 11.4 Å². The van der Waals surface area contributed by atoms with Gasteiger partial charge in [0.25, 0.3) is 0 Å². The van der Waals surface area contributed by atoms with Crippen LogP contribution < -0.4 is 14.8 Å². The van der Waals surface area contributed by atoms with Crippen LogP contribution in [0.15, 0.2) is 12.3 Å². The Labute approximate surface area is 86.2 Å². The molecule has 0 unspecified atom stereocenters. The fourth-order valence-corrected chi connectivity index (χ4v) is 0.985. The van der Waals surface area contributed by atoms with E-state index in [-0.39, 0.29) is 12.2 Å². The third-order valence-electron chi connectivity index (χ3n) is 1.64. The average Bonchev–Trinajstić information content (AvgIpc) is 2.21. The number of amides is 2. The Morgan fingerprint density at radius 3 is 2.93 bits per heavy atom. The number of hydrogen-bond acceptors (Lipinski definition) is 5. The molecule has 0 atom stereocenters. The molecule has 0 saturated heterocycles. The fourth-order valence-electron chi connectivity index (χ4n) is 0.985. The first-order valence-corrected chi connectivity index (χ1v) is 4.10. The van der Waals surface area contributed by atoms with Gasteiger partial charge in [-0.1, -0.05) is 0 Å². The smallest absolute Gasteiger partial charge is 0.419 e. The summed E-state index contributed by atoms with van der Waals surface area (Å²) in [6.07, 6.45) is 0.888. The van der Waals surface area contributed by atoms with Gasteiger partial charge in [0.05, 0.1) is 12.8 Å². The summed E-state index contributed by atoms with van der Waals surface area (Å²) in [7, 11) is 1.44. The first kappa shape index (κ1) is 11.0. The number of carbonyl (C=O) groups is 2. The number of ether oxygens (including phenoxy) is 2. The minimum absolute atomic E-state index is 0.194. The van der Waals surface area contributed by atoms with Crippen LogP contribution in [0.3, 0.4) is 0 Å². The second-order valence-corrected chi connectivity index (χ2v) is 2.58. The molecule has 80 valence electrons. The number of aryl methyl sites for hydroxylation is 1. The van der Waals surface area contributed by atoms with Gasteiger partial charge in [-0.25, -0.2) is 4.79 Å². The van der Waals surface area contributed by atoms with Crippen molar-refractivity contribution in [1.29, 1.82) is 0 Å². The molecule has 1 aromatic rings. The van der Waals surface area contributed by atoms with Gasteiger partial charge in [0.15, 0.2) is 11.5 Å². The fraction of sp³-hybridized carbons (Fsp3) is 0.222. The summed E-state index contributed by atoms with van der Waals surface area (Å²) >= 11 is 0. The Bertz CT molecular complexity index is 378. The van der Waals surface area contributed by atoms with Crippen LogP contribution >= 0.6 is 0 Å². The Kier molecular flexibility index (Phi) is 3.61. The molecule has 0 aromatic carbocycles. The molecule has 0 fully saturated rings. The van der Waals surface area contributed by atoms with Crippen molar-refractivity contribution in [3.05, 3.63) is 18.0 Å². The molecule has 0 saturated carbocycles. The zero-order chi connectivity index (χ0) is 11.3. The van der Waals surface area contributed by atoms with Crippen LogP contribution in [0.25, 0.3) is 0 Å². The van der Waals surface area contributed by atoms with Gasteiger partial charge in [0.2, 0.25) is 6.41 Å². The summed E-state index contributed by atoms with van der Waals surface area (Å²) in [4.78, 5) is 24.9. The number of carbonyl (C=O) groups excluding carboxylic acids is 2. The van der Waals surface area contributed by atoms with Crippen LogP contribution in [0.4, 0.5) is 4.79 Å². The van der Waals surface area contributed by atoms with Crippen LogP contribution in [0.2, 0.25) is 0 Å². The van der Waals surface area contributed by atoms with Crippen molar-refractivity contribution in [2.75, 3.05) is 7.11 Å². The normalized spacial score (nSPS) is 9.20. The van der Waals surface area contributed by atoms with E-state index in [4.69, 9.17) is 9.47 Å². The van der Waals surface area contributed by atoms with Crippen molar-refractivity contribution in [3.63, 3.8) is 0 Å². The summed E-state index contributed by atoms with van der Waals surface area (Å²) in [5, 5.41) is 1.85. The van der Waals surface area contributed by atoms with E-state index in [1.807, 2.05) is 5.32 Å². The third-order valence-corrected chi connectivity index (χ3v) is 1.64. The lowest BCUT2D eigenvalue weighted by Gasteiger charge is -2.09.